The smallest absolute Gasteiger partial charge is 0.235 e. The molecule has 2 atom stereocenters. The van der Waals surface area contributed by atoms with Crippen molar-refractivity contribution in [2.45, 2.75) is 38.8 Å². The van der Waals surface area contributed by atoms with Crippen molar-refractivity contribution >= 4 is 28.3 Å². The summed E-state index contributed by atoms with van der Waals surface area (Å²) in [6, 6.07) is 0.535. The number of hydrogen-bond acceptors (Lipinski definition) is 4. The van der Waals surface area contributed by atoms with Gasteiger partial charge in [-0.3, -0.25) is 4.79 Å². The summed E-state index contributed by atoms with van der Waals surface area (Å²) >= 11 is 0. The number of likely N-dealkylation sites (N-methyl/N-ethyl adjacent to an activating group) is 1. The van der Waals surface area contributed by atoms with Gasteiger partial charge in [-0.1, -0.05) is 0 Å². The highest BCUT2D eigenvalue weighted by Crippen LogP contribution is 2.08. The lowest BCUT2D eigenvalue weighted by atomic mass is 10.0. The number of rotatable bonds is 5. The van der Waals surface area contributed by atoms with Crippen molar-refractivity contribution in [2.75, 3.05) is 25.9 Å². The Balaban J connectivity index is 0.00000324. The summed E-state index contributed by atoms with van der Waals surface area (Å²) < 4.78 is 24.1. The number of carbonyl (C=O) groups is 1. The van der Waals surface area contributed by atoms with E-state index in [9.17, 15) is 13.2 Å². The van der Waals surface area contributed by atoms with E-state index in [4.69, 9.17) is 0 Å². The van der Waals surface area contributed by atoms with Gasteiger partial charge in [-0.15, -0.1) is 12.4 Å². The maximum Gasteiger partial charge on any atom is 0.235 e. The molecule has 0 aliphatic carbocycles. The van der Waals surface area contributed by atoms with E-state index in [0.29, 0.717) is 6.04 Å². The fourth-order valence-electron chi connectivity index (χ4n) is 2.06. The predicted molar refractivity (Wildman–Crippen MR) is 78.0 cm³/mol. The Hall–Kier alpha value is -0.370. The minimum atomic E-state index is -3.28. The number of amides is 1. The van der Waals surface area contributed by atoms with Crippen molar-refractivity contribution in [1.29, 1.82) is 0 Å². The zero-order chi connectivity index (χ0) is 13.8. The third-order valence-corrected chi connectivity index (χ3v) is 5.00. The molecule has 8 heteroatoms. The first-order valence-electron chi connectivity index (χ1n) is 6.32. The monoisotopic (exact) mass is 313 g/mol. The van der Waals surface area contributed by atoms with Gasteiger partial charge < -0.3 is 10.6 Å². The summed E-state index contributed by atoms with van der Waals surface area (Å²) in [5, 5.41) is 6.19. The molecule has 114 valence electrons. The highest BCUT2D eigenvalue weighted by atomic mass is 35.5. The lowest BCUT2D eigenvalue weighted by Gasteiger charge is -2.29. The second kappa shape index (κ2) is 8.04. The van der Waals surface area contributed by atoms with Crippen molar-refractivity contribution in [1.82, 2.24) is 14.9 Å². The van der Waals surface area contributed by atoms with Crippen molar-refractivity contribution in [3.05, 3.63) is 0 Å². The maximum absolute atomic E-state index is 11.8. The van der Waals surface area contributed by atoms with Crippen LogP contribution < -0.4 is 10.6 Å². The minimum absolute atomic E-state index is 0. The average molecular weight is 314 g/mol. The maximum atomic E-state index is 11.8. The van der Waals surface area contributed by atoms with Crippen LogP contribution in [0.3, 0.4) is 0 Å². The van der Waals surface area contributed by atoms with Crippen LogP contribution in [-0.2, 0) is 14.8 Å². The van der Waals surface area contributed by atoms with Gasteiger partial charge in [-0.25, -0.2) is 8.42 Å². The number of piperidine rings is 1. The lowest BCUT2D eigenvalue weighted by Crippen LogP contribution is -2.49. The Labute approximate surface area is 121 Å². The molecule has 0 aromatic heterocycles. The molecule has 0 radical (unpaired) electrons. The van der Waals surface area contributed by atoms with Gasteiger partial charge in [0, 0.05) is 19.1 Å². The van der Waals surface area contributed by atoms with Crippen molar-refractivity contribution in [3.8, 4) is 0 Å². The first-order valence-corrected chi connectivity index (χ1v) is 7.92. The Morgan fingerprint density at radius 3 is 2.63 bits per heavy atom. The average Bonchev–Trinajstić information content (AvgIpc) is 2.28. The molecule has 0 aromatic carbocycles. The van der Waals surface area contributed by atoms with Crippen LogP contribution in [0.1, 0.15) is 26.7 Å². The van der Waals surface area contributed by atoms with E-state index in [-0.39, 0.29) is 36.7 Å². The topological polar surface area (TPSA) is 78.5 Å². The van der Waals surface area contributed by atoms with Crippen LogP contribution >= 0.6 is 12.4 Å². The first-order chi connectivity index (χ1) is 8.35. The molecule has 1 aliphatic rings. The number of nitrogens with one attached hydrogen (secondary N) is 2. The van der Waals surface area contributed by atoms with Gasteiger partial charge in [0.1, 0.15) is 0 Å². The van der Waals surface area contributed by atoms with E-state index < -0.39 is 10.0 Å². The summed E-state index contributed by atoms with van der Waals surface area (Å²) in [5.41, 5.74) is 0. The summed E-state index contributed by atoms with van der Waals surface area (Å²) in [4.78, 5) is 11.8. The largest absolute Gasteiger partial charge is 0.352 e. The summed E-state index contributed by atoms with van der Waals surface area (Å²) in [5.74, 6) is -0.213. The van der Waals surface area contributed by atoms with Gasteiger partial charge in [0.25, 0.3) is 0 Å². The molecule has 0 aromatic rings. The van der Waals surface area contributed by atoms with Crippen LogP contribution in [0, 0.1) is 0 Å². The highest BCUT2D eigenvalue weighted by Gasteiger charge is 2.22. The Morgan fingerprint density at radius 2 is 2.11 bits per heavy atom. The number of nitrogens with zero attached hydrogens (tertiary/aromatic N) is 1. The fourth-order valence-corrected chi connectivity index (χ4v) is 2.81. The summed E-state index contributed by atoms with van der Waals surface area (Å²) in [6.07, 6.45) is 1.77. The van der Waals surface area contributed by atoms with Gasteiger partial charge >= 0.3 is 0 Å². The van der Waals surface area contributed by atoms with Crippen LogP contribution in [0.2, 0.25) is 0 Å². The molecular formula is C11H24ClN3O3S. The molecule has 2 N–H and O–H groups in total. The standard InChI is InChI=1S/C11H23N3O3S.ClH/c1-4-18(16,17)14(3)8-11(15)13-10-5-6-12-9(2)7-10;/h9-10,12H,4-8H2,1-3H3,(H,13,15);1H. The van der Waals surface area contributed by atoms with E-state index >= 15 is 0 Å². The number of halogens is 1. The van der Waals surface area contributed by atoms with Crippen molar-refractivity contribution in [2.24, 2.45) is 0 Å². The van der Waals surface area contributed by atoms with Crippen LogP contribution in [0.15, 0.2) is 0 Å². The molecule has 1 heterocycles. The zero-order valence-electron chi connectivity index (χ0n) is 11.7. The normalized spacial score (nSPS) is 23.8. The third-order valence-electron chi connectivity index (χ3n) is 3.19. The Bertz CT molecular complexity index is 389. The van der Waals surface area contributed by atoms with Crippen LogP contribution in [0.25, 0.3) is 0 Å². The van der Waals surface area contributed by atoms with E-state index in [2.05, 4.69) is 17.6 Å². The summed E-state index contributed by atoms with van der Waals surface area (Å²) in [6.45, 7) is 4.42. The third kappa shape index (κ3) is 6.07. The van der Waals surface area contributed by atoms with Gasteiger partial charge in [-0.05, 0) is 33.2 Å². The van der Waals surface area contributed by atoms with Crippen molar-refractivity contribution in [3.63, 3.8) is 0 Å². The quantitative estimate of drug-likeness (QED) is 0.746. The molecule has 19 heavy (non-hydrogen) atoms. The first kappa shape index (κ1) is 18.6. The molecule has 1 aliphatic heterocycles. The van der Waals surface area contributed by atoms with E-state index in [1.54, 1.807) is 6.92 Å². The SMILES string of the molecule is CCS(=O)(=O)N(C)CC(=O)NC1CCNC(C)C1.Cl. The molecule has 1 fully saturated rings. The molecule has 2 unspecified atom stereocenters. The molecule has 6 nitrogen and oxygen atoms in total. The van der Waals surface area contributed by atoms with E-state index in [1.165, 1.54) is 7.05 Å². The second-order valence-electron chi connectivity index (χ2n) is 4.80. The highest BCUT2D eigenvalue weighted by molar-refractivity contribution is 7.89. The van der Waals surface area contributed by atoms with Crippen LogP contribution in [0.4, 0.5) is 0 Å². The number of hydrogen-bond donors (Lipinski definition) is 2. The zero-order valence-corrected chi connectivity index (χ0v) is 13.3. The van der Waals surface area contributed by atoms with E-state index in [1.807, 2.05) is 0 Å². The Kier molecular flexibility index (Phi) is 7.88. The number of carbonyl (C=O) groups excluding carboxylic acids is 1. The van der Waals surface area contributed by atoms with Crippen molar-refractivity contribution < 1.29 is 13.2 Å². The van der Waals surface area contributed by atoms with Gasteiger partial charge in [-0.2, -0.15) is 4.31 Å². The molecule has 0 saturated carbocycles. The summed E-state index contributed by atoms with van der Waals surface area (Å²) in [7, 11) is -1.85. The molecule has 0 spiro atoms. The van der Waals surface area contributed by atoms with Gasteiger partial charge in [0.05, 0.1) is 12.3 Å². The fraction of sp³-hybridized carbons (Fsp3) is 0.909. The van der Waals surface area contributed by atoms with Crippen LogP contribution in [0.5, 0.6) is 0 Å². The molecule has 1 rings (SSSR count). The van der Waals surface area contributed by atoms with Crippen LogP contribution in [-0.4, -0.2) is 56.6 Å². The molecular weight excluding hydrogens is 290 g/mol. The molecule has 1 saturated heterocycles. The van der Waals surface area contributed by atoms with Gasteiger partial charge in [0.2, 0.25) is 15.9 Å². The lowest BCUT2D eigenvalue weighted by molar-refractivity contribution is -0.122. The molecule has 1 amide bonds. The predicted octanol–water partition coefficient (Wildman–Crippen LogP) is -0.0536. The van der Waals surface area contributed by atoms with Gasteiger partial charge in [0.15, 0.2) is 0 Å². The number of sulfonamides is 1. The molecule has 0 bridgehead atoms. The second-order valence-corrected chi connectivity index (χ2v) is 7.17. The van der Waals surface area contributed by atoms with E-state index in [0.717, 1.165) is 23.7 Å². The Morgan fingerprint density at radius 1 is 1.47 bits per heavy atom. The minimum Gasteiger partial charge on any atom is -0.352 e.